The molecule has 0 unspecified atom stereocenters. The van der Waals surface area contributed by atoms with Crippen molar-refractivity contribution in [3.05, 3.63) is 84.2 Å². The monoisotopic (exact) mass is 411 g/mol. The molecule has 5 rings (SSSR count). The van der Waals surface area contributed by atoms with E-state index in [2.05, 4.69) is 49.7 Å². The number of hydrogen-bond donors (Lipinski definition) is 0. The summed E-state index contributed by atoms with van der Waals surface area (Å²) in [4.78, 5) is 17.9. The third-order valence-electron chi connectivity index (χ3n) is 6.37. The third kappa shape index (κ3) is 3.42. The van der Waals surface area contributed by atoms with Gasteiger partial charge in [0.2, 0.25) is 6.79 Å². The number of carbonyl (C=O) groups is 1. The van der Waals surface area contributed by atoms with E-state index < -0.39 is 5.41 Å². The number of Topliss-reactive ketones (excluding diaryl/α,β-unsaturated/α-hetero) is 1. The summed E-state index contributed by atoms with van der Waals surface area (Å²) in [6, 6.07) is 18.2. The molecule has 156 valence electrons. The van der Waals surface area contributed by atoms with Crippen LogP contribution in [0.5, 0.6) is 11.5 Å². The molecule has 0 bridgehead atoms. The van der Waals surface area contributed by atoms with E-state index in [1.807, 2.05) is 36.5 Å². The van der Waals surface area contributed by atoms with Crippen molar-refractivity contribution < 1.29 is 14.3 Å². The fourth-order valence-electron chi connectivity index (χ4n) is 4.17. The lowest BCUT2D eigenvalue weighted by atomic mass is 9.86. The molecule has 3 aromatic rings. The molecular weight excluding hydrogens is 386 g/mol. The van der Waals surface area contributed by atoms with Crippen LogP contribution in [-0.2, 0) is 10.2 Å². The van der Waals surface area contributed by atoms with Gasteiger partial charge in [0.15, 0.2) is 17.3 Å². The number of ether oxygens (including phenoxy) is 2. The first-order chi connectivity index (χ1) is 15.0. The lowest BCUT2D eigenvalue weighted by Crippen LogP contribution is -2.21. The molecule has 2 heterocycles. The number of benzene rings is 2. The molecule has 1 aliphatic carbocycles. The number of allylic oxidation sites excluding steroid dienone is 1. The highest BCUT2D eigenvalue weighted by Gasteiger charge is 2.52. The molecule has 0 amide bonds. The van der Waals surface area contributed by atoms with Crippen molar-refractivity contribution in [2.24, 2.45) is 0 Å². The molecule has 0 spiro atoms. The van der Waals surface area contributed by atoms with Gasteiger partial charge in [0.1, 0.15) is 0 Å². The normalized spacial score (nSPS) is 15.7. The molecule has 0 saturated heterocycles. The number of nitrogens with zero attached hydrogens (tertiary/aromatic N) is 1. The van der Waals surface area contributed by atoms with Crippen molar-refractivity contribution in [3.63, 3.8) is 0 Å². The van der Waals surface area contributed by atoms with Gasteiger partial charge in [0.05, 0.1) is 11.1 Å². The van der Waals surface area contributed by atoms with E-state index in [1.54, 1.807) is 0 Å². The lowest BCUT2D eigenvalue weighted by Gasteiger charge is -2.16. The summed E-state index contributed by atoms with van der Waals surface area (Å²) in [5.74, 6) is 1.97. The van der Waals surface area contributed by atoms with Gasteiger partial charge in [-0.15, -0.1) is 0 Å². The van der Waals surface area contributed by atoms with Crippen LogP contribution in [0.2, 0.25) is 0 Å². The minimum absolute atomic E-state index is 0.0351. The number of fused-ring (bicyclic) bond motifs is 1. The van der Waals surface area contributed by atoms with Gasteiger partial charge in [0, 0.05) is 17.3 Å². The van der Waals surface area contributed by atoms with E-state index in [-0.39, 0.29) is 12.6 Å². The van der Waals surface area contributed by atoms with Crippen molar-refractivity contribution in [2.45, 2.75) is 38.0 Å². The van der Waals surface area contributed by atoms with Gasteiger partial charge < -0.3 is 9.47 Å². The molecule has 0 N–H and O–H groups in total. The summed E-state index contributed by atoms with van der Waals surface area (Å²) in [6.45, 7) is 8.69. The molecule has 4 heteroatoms. The minimum Gasteiger partial charge on any atom is -0.454 e. The van der Waals surface area contributed by atoms with Crippen molar-refractivity contribution >= 4 is 11.4 Å². The summed E-state index contributed by atoms with van der Waals surface area (Å²) < 4.78 is 10.9. The molecule has 0 atom stereocenters. The minimum atomic E-state index is -0.523. The van der Waals surface area contributed by atoms with Crippen LogP contribution in [0, 0.1) is 0 Å². The Bertz CT molecular complexity index is 1160. The summed E-state index contributed by atoms with van der Waals surface area (Å²) >= 11 is 0. The van der Waals surface area contributed by atoms with Crippen LogP contribution in [0.3, 0.4) is 0 Å². The topological polar surface area (TPSA) is 48.4 Å². The van der Waals surface area contributed by atoms with E-state index in [4.69, 9.17) is 9.47 Å². The number of ketones is 1. The molecule has 0 radical (unpaired) electrons. The second-order valence-electron chi connectivity index (χ2n) is 8.67. The van der Waals surface area contributed by atoms with Crippen molar-refractivity contribution in [1.82, 2.24) is 4.98 Å². The largest absolute Gasteiger partial charge is 0.454 e. The standard InChI is InChI=1S/C27H25NO3/c1-17(2)19-4-6-20(7-5-19)21-8-10-23(28-15-21)18(3)26(29)27(12-13-27)22-9-11-24-25(14-22)31-16-30-24/h4-11,14-15,17H,3,12-13,16H2,1-2H3. The van der Waals surface area contributed by atoms with Crippen molar-refractivity contribution in [3.8, 4) is 22.6 Å². The zero-order valence-electron chi connectivity index (χ0n) is 17.9. The quantitative estimate of drug-likeness (QED) is 0.473. The predicted molar refractivity (Wildman–Crippen MR) is 121 cm³/mol. The Morgan fingerprint density at radius 2 is 1.68 bits per heavy atom. The van der Waals surface area contributed by atoms with Gasteiger partial charge in [-0.3, -0.25) is 9.78 Å². The van der Waals surface area contributed by atoms with E-state index in [0.717, 1.165) is 35.3 Å². The van der Waals surface area contributed by atoms with Crippen molar-refractivity contribution in [2.75, 3.05) is 6.79 Å². The maximum atomic E-state index is 13.4. The Morgan fingerprint density at radius 3 is 2.32 bits per heavy atom. The van der Waals surface area contributed by atoms with Gasteiger partial charge in [-0.05, 0) is 53.6 Å². The van der Waals surface area contributed by atoms with Gasteiger partial charge in [-0.2, -0.15) is 0 Å². The Hall–Kier alpha value is -3.40. The SMILES string of the molecule is C=C(C(=O)C1(c2ccc3c(c2)OCO3)CC1)c1ccc(-c2ccc(C(C)C)cc2)cn1. The van der Waals surface area contributed by atoms with Crippen LogP contribution < -0.4 is 9.47 Å². The summed E-state index contributed by atoms with van der Waals surface area (Å²) in [5.41, 5.74) is 4.97. The number of rotatable bonds is 6. The number of hydrogen-bond acceptors (Lipinski definition) is 4. The highest BCUT2D eigenvalue weighted by atomic mass is 16.7. The first-order valence-electron chi connectivity index (χ1n) is 10.7. The van der Waals surface area contributed by atoms with Gasteiger partial charge in [-0.25, -0.2) is 0 Å². The molecule has 1 aromatic heterocycles. The second kappa shape index (κ2) is 7.38. The van der Waals surface area contributed by atoms with Crippen LogP contribution in [0.4, 0.5) is 0 Å². The third-order valence-corrected chi connectivity index (χ3v) is 6.37. The van der Waals surface area contributed by atoms with Crippen molar-refractivity contribution in [1.29, 1.82) is 0 Å². The Balaban J connectivity index is 1.36. The molecule has 1 saturated carbocycles. The zero-order valence-corrected chi connectivity index (χ0v) is 17.9. The number of carbonyl (C=O) groups excluding carboxylic acids is 1. The average molecular weight is 412 g/mol. The Labute approximate surface area is 182 Å². The highest BCUT2D eigenvalue weighted by Crippen LogP contribution is 2.53. The van der Waals surface area contributed by atoms with E-state index in [1.165, 1.54) is 5.56 Å². The molecule has 1 fully saturated rings. The van der Waals surface area contributed by atoms with Gasteiger partial charge >= 0.3 is 0 Å². The summed E-state index contributed by atoms with van der Waals surface area (Å²) in [5, 5.41) is 0. The van der Waals surface area contributed by atoms with E-state index >= 15 is 0 Å². The van der Waals surface area contributed by atoms with E-state index in [0.29, 0.717) is 22.9 Å². The molecule has 1 aliphatic heterocycles. The Morgan fingerprint density at radius 1 is 0.968 bits per heavy atom. The Kier molecular flexibility index (Phi) is 4.66. The van der Waals surface area contributed by atoms with Gasteiger partial charge in [-0.1, -0.05) is 56.8 Å². The zero-order chi connectivity index (χ0) is 21.6. The maximum absolute atomic E-state index is 13.4. The average Bonchev–Trinajstić information content (AvgIpc) is 3.48. The second-order valence-corrected chi connectivity index (χ2v) is 8.67. The maximum Gasteiger partial charge on any atom is 0.231 e. The molecule has 31 heavy (non-hydrogen) atoms. The molecule has 2 aliphatic rings. The first kappa shape index (κ1) is 19.6. The van der Waals surface area contributed by atoms with Crippen LogP contribution in [0.1, 0.15) is 49.4 Å². The number of aromatic nitrogens is 1. The van der Waals surface area contributed by atoms with Crippen LogP contribution >= 0.6 is 0 Å². The van der Waals surface area contributed by atoms with Gasteiger partial charge in [0.25, 0.3) is 0 Å². The van der Waals surface area contributed by atoms with Crippen LogP contribution in [0.15, 0.2) is 67.4 Å². The van der Waals surface area contributed by atoms with E-state index in [9.17, 15) is 4.79 Å². The molecule has 4 nitrogen and oxygen atoms in total. The predicted octanol–water partition coefficient (Wildman–Crippen LogP) is 5.91. The summed E-state index contributed by atoms with van der Waals surface area (Å²) in [7, 11) is 0. The van der Waals surface area contributed by atoms with Crippen LogP contribution in [0.25, 0.3) is 16.7 Å². The molecule has 2 aromatic carbocycles. The van der Waals surface area contributed by atoms with Crippen LogP contribution in [-0.4, -0.2) is 17.6 Å². The fourth-order valence-corrected chi connectivity index (χ4v) is 4.17. The smallest absolute Gasteiger partial charge is 0.231 e. The first-order valence-corrected chi connectivity index (χ1v) is 10.7. The fraction of sp³-hybridized carbons (Fsp3) is 0.259. The number of pyridine rings is 1. The molecular formula is C27H25NO3. The highest BCUT2D eigenvalue weighted by molar-refractivity contribution is 6.25. The lowest BCUT2D eigenvalue weighted by molar-refractivity contribution is -0.116. The summed E-state index contributed by atoms with van der Waals surface area (Å²) in [6.07, 6.45) is 3.44.